The molecule has 0 aliphatic carbocycles. The highest BCUT2D eigenvalue weighted by Crippen LogP contribution is 2.32. The van der Waals surface area contributed by atoms with Crippen LogP contribution in [0.25, 0.3) is 30.4 Å². The Bertz CT molecular complexity index is 2010. The maximum absolute atomic E-state index is 13.0. The minimum atomic E-state index is -0.368. The first-order valence-electron chi connectivity index (χ1n) is 17.1. The van der Waals surface area contributed by atoms with E-state index in [2.05, 4.69) is 79.7 Å². The number of nitrogens with two attached hydrogens (primary N) is 1. The minimum Gasteiger partial charge on any atom is -0.398 e. The summed E-state index contributed by atoms with van der Waals surface area (Å²) in [6.45, 7) is 16.8. The normalized spacial score (nSPS) is 22.5. The van der Waals surface area contributed by atoms with Gasteiger partial charge in [-0.2, -0.15) is 0 Å². The van der Waals surface area contributed by atoms with Crippen molar-refractivity contribution in [2.75, 3.05) is 19.7 Å². The molecular weight excluding hydrogens is 628 g/mol. The third kappa shape index (κ3) is 7.45. The van der Waals surface area contributed by atoms with E-state index in [4.69, 9.17) is 5.73 Å². The Morgan fingerprint density at radius 2 is 1.76 bits per heavy atom. The maximum atomic E-state index is 13.0. The van der Waals surface area contributed by atoms with Gasteiger partial charge < -0.3 is 31.4 Å². The van der Waals surface area contributed by atoms with Gasteiger partial charge in [-0.3, -0.25) is 19.3 Å². The number of aromatic amines is 2. The second-order valence-corrected chi connectivity index (χ2v) is 13.0. The van der Waals surface area contributed by atoms with Gasteiger partial charge in [0, 0.05) is 77.3 Å². The van der Waals surface area contributed by atoms with Crippen LogP contribution in [-0.2, 0) is 20.8 Å². The summed E-state index contributed by atoms with van der Waals surface area (Å²) in [6, 6.07) is -0.140. The molecule has 3 amide bonds. The van der Waals surface area contributed by atoms with Gasteiger partial charge in [0.15, 0.2) is 0 Å². The second kappa shape index (κ2) is 15.5. The lowest BCUT2D eigenvalue weighted by Gasteiger charge is -2.14. The van der Waals surface area contributed by atoms with Crippen LogP contribution in [-0.4, -0.2) is 63.4 Å². The number of allylic oxidation sites excluding steroid dienone is 3. The number of aliphatic hydroxyl groups is 1. The number of aliphatic hydroxyl groups excluding tert-OH is 1. The lowest BCUT2D eigenvalue weighted by atomic mass is 9.98. The van der Waals surface area contributed by atoms with E-state index in [9.17, 15) is 19.5 Å². The highest BCUT2D eigenvalue weighted by atomic mass is 16.3. The van der Waals surface area contributed by atoms with Crippen LogP contribution in [0.4, 0.5) is 0 Å². The summed E-state index contributed by atoms with van der Waals surface area (Å²) in [5.74, 6) is -0.901. The van der Waals surface area contributed by atoms with Crippen LogP contribution in [0.1, 0.15) is 73.2 Å². The molecule has 50 heavy (non-hydrogen) atoms. The molecule has 0 spiro atoms. The molecule has 1 unspecified atom stereocenters. The van der Waals surface area contributed by atoms with Crippen molar-refractivity contribution in [3.05, 3.63) is 109 Å². The van der Waals surface area contributed by atoms with E-state index < -0.39 is 0 Å². The lowest BCUT2D eigenvalue weighted by molar-refractivity contribution is -0.137. The number of fused-ring (bicyclic) bond motifs is 6. The van der Waals surface area contributed by atoms with Crippen LogP contribution in [0.3, 0.4) is 0 Å². The quantitative estimate of drug-likeness (QED) is 0.200. The number of hydrogen-bond acceptors (Lipinski definition) is 6. The number of imide groups is 1. The number of H-pyrrole nitrogens is 2. The smallest absolute Gasteiger partial charge is 0.253 e. The van der Waals surface area contributed by atoms with Crippen molar-refractivity contribution in [2.24, 2.45) is 5.73 Å². The molecule has 0 radical (unpaired) electrons. The highest BCUT2D eigenvalue weighted by molar-refractivity contribution is 6.12. The first-order chi connectivity index (χ1) is 24.0. The summed E-state index contributed by atoms with van der Waals surface area (Å²) >= 11 is 0. The highest BCUT2D eigenvalue weighted by Gasteiger charge is 2.26. The summed E-state index contributed by atoms with van der Waals surface area (Å²) < 4.78 is 0. The number of rotatable bonds is 11. The molecule has 2 aromatic heterocycles. The van der Waals surface area contributed by atoms with Crippen molar-refractivity contribution in [3.8, 4) is 0 Å². The molecule has 10 nitrogen and oxygen atoms in total. The molecular formula is C40H48N6O4. The molecule has 3 aliphatic heterocycles. The van der Waals surface area contributed by atoms with Crippen LogP contribution in [0.2, 0.25) is 0 Å². The molecule has 10 heteroatoms. The Morgan fingerprint density at radius 1 is 1.02 bits per heavy atom. The summed E-state index contributed by atoms with van der Waals surface area (Å²) in [6.07, 6.45) is 17.2. The van der Waals surface area contributed by atoms with Crippen molar-refractivity contribution in [3.63, 3.8) is 0 Å². The Kier molecular flexibility index (Phi) is 11.1. The molecule has 6 bridgehead atoms. The SMILES string of the molecule is C=CC1=C(\C)C/C=c2\[nH]/c(c(CCC(=O)NCCN3C(=O)C=CC3=O)c2C)=C\C2N/C(=C\c3[nH]c(c(C)c3C=C)\C=C\1N)C(C)=C2CCCO. The van der Waals surface area contributed by atoms with E-state index in [-0.39, 0.29) is 49.9 Å². The van der Waals surface area contributed by atoms with Crippen molar-refractivity contribution >= 4 is 48.1 Å². The standard InChI is InChI=1S/C40H48N6O4/c1-7-27-23(3)11-13-32-25(5)30(12-14-38(48)42-17-18-46-39(49)15-16-40(46)50)37(43-32)22-36-29(10-9-19-47)26(6)34(45-36)21-35-28(8-2)24(4)33(44-35)20-31(27)41/h7-8,13,15-16,20-22,36,43-45,47H,1-2,9-12,14,17-19,41H2,3-6H3,(H,42,48)/b27-23-,31-20-,32-13-,34-21-,37-22-. The van der Waals surface area contributed by atoms with Crippen molar-refractivity contribution in [1.82, 2.24) is 25.5 Å². The van der Waals surface area contributed by atoms with Crippen molar-refractivity contribution in [2.45, 2.75) is 65.8 Å². The Labute approximate surface area is 293 Å². The van der Waals surface area contributed by atoms with E-state index in [0.717, 1.165) is 78.1 Å². The van der Waals surface area contributed by atoms with E-state index in [1.54, 1.807) is 6.08 Å². The average molecular weight is 677 g/mol. The lowest BCUT2D eigenvalue weighted by Crippen LogP contribution is -2.38. The largest absolute Gasteiger partial charge is 0.398 e. The Morgan fingerprint density at radius 3 is 2.44 bits per heavy atom. The molecule has 0 saturated heterocycles. The molecule has 1 atom stereocenters. The zero-order valence-corrected chi connectivity index (χ0v) is 29.5. The van der Waals surface area contributed by atoms with Crippen LogP contribution >= 0.6 is 0 Å². The monoisotopic (exact) mass is 676 g/mol. The van der Waals surface area contributed by atoms with Crippen molar-refractivity contribution < 1.29 is 19.5 Å². The molecule has 2 aromatic rings. The first-order valence-corrected chi connectivity index (χ1v) is 17.1. The van der Waals surface area contributed by atoms with Gasteiger partial charge in [-0.05, 0) is 105 Å². The Hall–Kier alpha value is -5.35. The third-order valence-electron chi connectivity index (χ3n) is 9.87. The minimum absolute atomic E-state index is 0.0906. The first kappa shape index (κ1) is 35.9. The molecule has 3 aliphatic rings. The number of aromatic nitrogens is 2. The zero-order chi connectivity index (χ0) is 36.1. The average Bonchev–Trinajstić information content (AvgIpc) is 3.76. The van der Waals surface area contributed by atoms with Gasteiger partial charge in [-0.1, -0.05) is 37.0 Å². The van der Waals surface area contributed by atoms with Crippen molar-refractivity contribution in [1.29, 1.82) is 0 Å². The second-order valence-electron chi connectivity index (χ2n) is 13.0. The van der Waals surface area contributed by atoms with Gasteiger partial charge in [0.1, 0.15) is 0 Å². The fourth-order valence-corrected chi connectivity index (χ4v) is 6.93. The molecule has 0 fully saturated rings. The molecule has 7 N–H and O–H groups in total. The van der Waals surface area contributed by atoms with E-state index in [0.29, 0.717) is 25.0 Å². The molecule has 0 aromatic carbocycles. The van der Waals surface area contributed by atoms with E-state index >= 15 is 0 Å². The maximum Gasteiger partial charge on any atom is 0.253 e. The number of nitrogens with one attached hydrogen (secondary N) is 4. The van der Waals surface area contributed by atoms with E-state index in [1.807, 2.05) is 12.2 Å². The number of carbonyl (C=O) groups excluding carboxylic acids is 3. The predicted molar refractivity (Wildman–Crippen MR) is 200 cm³/mol. The Balaban J connectivity index is 1.56. The number of amides is 3. The zero-order valence-electron chi connectivity index (χ0n) is 29.5. The third-order valence-corrected chi connectivity index (χ3v) is 9.87. The summed E-state index contributed by atoms with van der Waals surface area (Å²) in [5, 5.41) is 18.2. The fraction of sp³-hybridized carbons (Fsp3) is 0.325. The summed E-state index contributed by atoms with van der Waals surface area (Å²) in [4.78, 5) is 45.0. The number of nitrogens with zero attached hydrogens (tertiary/aromatic N) is 1. The van der Waals surface area contributed by atoms with Crippen LogP contribution < -0.4 is 27.1 Å². The topological polar surface area (TPSA) is 156 Å². The van der Waals surface area contributed by atoms with Crippen LogP contribution in [0.5, 0.6) is 0 Å². The summed E-state index contributed by atoms with van der Waals surface area (Å²) in [7, 11) is 0. The predicted octanol–water partition coefficient (Wildman–Crippen LogP) is 3.45. The molecule has 5 heterocycles. The molecule has 262 valence electrons. The fourth-order valence-electron chi connectivity index (χ4n) is 6.93. The van der Waals surface area contributed by atoms with Gasteiger partial charge in [0.25, 0.3) is 11.8 Å². The number of hydrogen-bond donors (Lipinski definition) is 6. The molecule has 0 saturated carbocycles. The van der Waals surface area contributed by atoms with Gasteiger partial charge in [-0.15, -0.1) is 0 Å². The van der Waals surface area contributed by atoms with Gasteiger partial charge in [-0.25, -0.2) is 0 Å². The van der Waals surface area contributed by atoms with Crippen LogP contribution in [0.15, 0.2) is 65.1 Å². The van der Waals surface area contributed by atoms with Gasteiger partial charge in [0.05, 0.1) is 6.04 Å². The number of carbonyl (C=O) groups is 3. The summed E-state index contributed by atoms with van der Waals surface area (Å²) in [5.41, 5.74) is 18.4. The van der Waals surface area contributed by atoms with Crippen LogP contribution in [0, 0.1) is 13.8 Å². The van der Waals surface area contributed by atoms with E-state index in [1.165, 1.54) is 17.7 Å². The van der Waals surface area contributed by atoms with Gasteiger partial charge >= 0.3 is 0 Å². The van der Waals surface area contributed by atoms with Gasteiger partial charge in [0.2, 0.25) is 5.91 Å². The molecule has 5 rings (SSSR count).